The van der Waals surface area contributed by atoms with Crippen LogP contribution in [0.3, 0.4) is 0 Å². The second kappa shape index (κ2) is 6.22. The van der Waals surface area contributed by atoms with E-state index in [2.05, 4.69) is 10.3 Å². The molecule has 7 nitrogen and oxygen atoms in total. The monoisotopic (exact) mass is 292 g/mol. The van der Waals surface area contributed by atoms with Crippen molar-refractivity contribution >= 4 is 28.6 Å². The first-order valence-electron chi connectivity index (χ1n) is 5.80. The lowest BCUT2D eigenvalue weighted by molar-refractivity contribution is -0.384. The van der Waals surface area contributed by atoms with Crippen LogP contribution in [0.2, 0.25) is 0 Å². The summed E-state index contributed by atoms with van der Waals surface area (Å²) in [5.74, 6) is -0.398. The first-order valence-corrected chi connectivity index (χ1v) is 6.68. The molecule has 1 aromatic heterocycles. The summed E-state index contributed by atoms with van der Waals surface area (Å²) >= 11 is 1.36. The van der Waals surface area contributed by atoms with Gasteiger partial charge in [0.15, 0.2) is 0 Å². The van der Waals surface area contributed by atoms with Crippen LogP contribution in [0.4, 0.5) is 11.4 Å². The maximum Gasteiger partial charge on any atom is 0.275 e. The number of nitrogens with two attached hydrogens (primary N) is 1. The number of nitrogens with one attached hydrogen (secondary N) is 1. The molecule has 1 heterocycles. The van der Waals surface area contributed by atoms with E-state index in [4.69, 9.17) is 5.73 Å². The van der Waals surface area contributed by atoms with E-state index in [-0.39, 0.29) is 11.4 Å². The molecule has 0 saturated carbocycles. The van der Waals surface area contributed by atoms with Gasteiger partial charge in [-0.2, -0.15) is 0 Å². The summed E-state index contributed by atoms with van der Waals surface area (Å²) in [5.41, 5.74) is 5.98. The normalized spacial score (nSPS) is 10.2. The Kier molecular flexibility index (Phi) is 4.38. The summed E-state index contributed by atoms with van der Waals surface area (Å²) < 4.78 is 0. The zero-order valence-corrected chi connectivity index (χ0v) is 11.2. The van der Waals surface area contributed by atoms with Gasteiger partial charge in [0.05, 0.1) is 9.93 Å². The number of benzene rings is 1. The Morgan fingerprint density at radius 3 is 3.00 bits per heavy atom. The van der Waals surface area contributed by atoms with Crippen LogP contribution in [0, 0.1) is 10.1 Å². The number of amides is 1. The van der Waals surface area contributed by atoms with Crippen LogP contribution < -0.4 is 11.1 Å². The Hall–Kier alpha value is -2.32. The SMILES string of the molecule is NCCc1nc(C(=O)Nc2cccc([N+](=O)[O-])c2)cs1. The molecule has 104 valence electrons. The molecular formula is C12H12N4O3S. The van der Waals surface area contributed by atoms with Gasteiger partial charge in [-0.3, -0.25) is 14.9 Å². The molecule has 0 radical (unpaired) electrons. The van der Waals surface area contributed by atoms with Crippen molar-refractivity contribution in [2.75, 3.05) is 11.9 Å². The molecule has 0 aliphatic carbocycles. The standard InChI is InChI=1S/C12H12N4O3S/c13-5-4-11-15-10(7-20-11)12(17)14-8-2-1-3-9(6-8)16(18)19/h1-3,6-7H,4-5,13H2,(H,14,17). The molecule has 0 bridgehead atoms. The molecule has 2 rings (SSSR count). The number of aromatic nitrogens is 1. The third-order valence-corrected chi connectivity index (χ3v) is 3.37. The minimum atomic E-state index is -0.516. The lowest BCUT2D eigenvalue weighted by Crippen LogP contribution is -2.12. The molecule has 8 heteroatoms. The van der Waals surface area contributed by atoms with Crippen LogP contribution in [0.1, 0.15) is 15.5 Å². The highest BCUT2D eigenvalue weighted by atomic mass is 32.1. The average molecular weight is 292 g/mol. The molecule has 2 aromatic rings. The van der Waals surface area contributed by atoms with Gasteiger partial charge in [-0.1, -0.05) is 6.07 Å². The van der Waals surface area contributed by atoms with Crippen LogP contribution in [0.5, 0.6) is 0 Å². The lowest BCUT2D eigenvalue weighted by atomic mass is 10.2. The largest absolute Gasteiger partial charge is 0.330 e. The minimum absolute atomic E-state index is 0.0788. The molecule has 0 aliphatic rings. The Labute approximate surface area is 118 Å². The highest BCUT2D eigenvalue weighted by Gasteiger charge is 2.12. The summed E-state index contributed by atoms with van der Waals surface area (Å²) in [6, 6.07) is 5.75. The quantitative estimate of drug-likeness (QED) is 0.644. The van der Waals surface area contributed by atoms with Gasteiger partial charge >= 0.3 is 0 Å². The fraction of sp³-hybridized carbons (Fsp3) is 0.167. The van der Waals surface area contributed by atoms with Gasteiger partial charge in [-0.25, -0.2) is 4.98 Å². The van der Waals surface area contributed by atoms with Crippen LogP contribution >= 0.6 is 11.3 Å². The molecule has 0 atom stereocenters. The molecule has 1 aromatic carbocycles. The third kappa shape index (κ3) is 3.37. The van der Waals surface area contributed by atoms with E-state index in [1.807, 2.05) is 0 Å². The van der Waals surface area contributed by atoms with E-state index in [1.165, 1.54) is 29.5 Å². The van der Waals surface area contributed by atoms with E-state index in [0.717, 1.165) is 5.01 Å². The number of carbonyl (C=O) groups excluding carboxylic acids is 1. The predicted molar refractivity (Wildman–Crippen MR) is 75.9 cm³/mol. The second-order valence-electron chi connectivity index (χ2n) is 3.93. The summed E-state index contributed by atoms with van der Waals surface area (Å²) in [7, 11) is 0. The smallest absolute Gasteiger partial charge is 0.275 e. The van der Waals surface area contributed by atoms with Crippen molar-refractivity contribution in [2.45, 2.75) is 6.42 Å². The topological polar surface area (TPSA) is 111 Å². The van der Waals surface area contributed by atoms with E-state index in [0.29, 0.717) is 18.7 Å². The third-order valence-electron chi connectivity index (χ3n) is 2.46. The van der Waals surface area contributed by atoms with Gasteiger partial charge in [0.25, 0.3) is 11.6 Å². The fourth-order valence-electron chi connectivity index (χ4n) is 1.55. The van der Waals surface area contributed by atoms with Crippen LogP contribution in [-0.2, 0) is 6.42 Å². The zero-order valence-electron chi connectivity index (χ0n) is 10.4. The number of thiazole rings is 1. The lowest BCUT2D eigenvalue weighted by Gasteiger charge is -2.02. The fourth-order valence-corrected chi connectivity index (χ4v) is 2.34. The summed E-state index contributed by atoms with van der Waals surface area (Å²) in [5, 5.41) is 15.7. The number of carbonyl (C=O) groups is 1. The number of nitro groups is 1. The summed E-state index contributed by atoms with van der Waals surface area (Å²) in [6.45, 7) is 0.472. The van der Waals surface area contributed by atoms with Crippen LogP contribution in [0.15, 0.2) is 29.6 Å². The second-order valence-corrected chi connectivity index (χ2v) is 4.87. The molecule has 0 unspecified atom stereocenters. The first-order chi connectivity index (χ1) is 9.60. The molecule has 0 spiro atoms. The van der Waals surface area contributed by atoms with Gasteiger partial charge in [0, 0.05) is 29.6 Å². The van der Waals surface area contributed by atoms with Crippen molar-refractivity contribution in [3.8, 4) is 0 Å². The molecule has 0 fully saturated rings. The van der Waals surface area contributed by atoms with Crippen molar-refractivity contribution in [2.24, 2.45) is 5.73 Å². The van der Waals surface area contributed by atoms with E-state index in [1.54, 1.807) is 11.4 Å². The van der Waals surface area contributed by atoms with Crippen LogP contribution in [-0.4, -0.2) is 22.4 Å². The predicted octanol–water partition coefficient (Wildman–Crippen LogP) is 1.80. The maximum atomic E-state index is 11.9. The number of nitrogens with zero attached hydrogens (tertiary/aromatic N) is 2. The van der Waals surface area contributed by atoms with Crippen molar-refractivity contribution in [1.29, 1.82) is 0 Å². The van der Waals surface area contributed by atoms with E-state index < -0.39 is 10.8 Å². The van der Waals surface area contributed by atoms with Gasteiger partial charge in [-0.05, 0) is 12.6 Å². The van der Waals surface area contributed by atoms with E-state index >= 15 is 0 Å². The van der Waals surface area contributed by atoms with Crippen molar-refractivity contribution < 1.29 is 9.72 Å². The zero-order chi connectivity index (χ0) is 14.5. The summed E-state index contributed by atoms with van der Waals surface area (Å²) in [4.78, 5) is 26.2. The van der Waals surface area contributed by atoms with Crippen molar-refractivity contribution in [3.63, 3.8) is 0 Å². The van der Waals surface area contributed by atoms with Gasteiger partial charge in [-0.15, -0.1) is 11.3 Å². The minimum Gasteiger partial charge on any atom is -0.330 e. The van der Waals surface area contributed by atoms with Crippen molar-refractivity contribution in [1.82, 2.24) is 4.98 Å². The van der Waals surface area contributed by atoms with Crippen molar-refractivity contribution in [3.05, 3.63) is 50.5 Å². The number of rotatable bonds is 5. The molecule has 3 N–H and O–H groups in total. The Balaban J connectivity index is 2.10. The number of hydrogen-bond donors (Lipinski definition) is 2. The number of anilines is 1. The molecule has 1 amide bonds. The maximum absolute atomic E-state index is 11.9. The molecule has 0 aliphatic heterocycles. The van der Waals surface area contributed by atoms with Gasteiger partial charge in [0.2, 0.25) is 0 Å². The highest BCUT2D eigenvalue weighted by molar-refractivity contribution is 7.09. The molecular weight excluding hydrogens is 280 g/mol. The Morgan fingerprint density at radius 2 is 2.30 bits per heavy atom. The summed E-state index contributed by atoms with van der Waals surface area (Å²) in [6.07, 6.45) is 0.620. The molecule has 0 saturated heterocycles. The number of non-ortho nitro benzene ring substituents is 1. The van der Waals surface area contributed by atoms with E-state index in [9.17, 15) is 14.9 Å². The highest BCUT2D eigenvalue weighted by Crippen LogP contribution is 2.18. The Bertz CT molecular complexity index is 641. The van der Waals surface area contributed by atoms with Gasteiger partial charge < -0.3 is 11.1 Å². The molecule has 20 heavy (non-hydrogen) atoms. The average Bonchev–Trinajstić information content (AvgIpc) is 2.88. The van der Waals surface area contributed by atoms with Gasteiger partial charge in [0.1, 0.15) is 5.69 Å². The first kappa shape index (κ1) is 14.1. The van der Waals surface area contributed by atoms with Crippen LogP contribution in [0.25, 0.3) is 0 Å². The number of nitro benzene ring substituents is 1. The number of hydrogen-bond acceptors (Lipinski definition) is 6. The Morgan fingerprint density at radius 1 is 1.50 bits per heavy atom.